The van der Waals surface area contributed by atoms with Gasteiger partial charge in [0.15, 0.2) is 0 Å². The molecule has 1 atom stereocenters. The first-order valence-corrected chi connectivity index (χ1v) is 7.04. The molecule has 0 radical (unpaired) electrons. The van der Waals surface area contributed by atoms with Crippen LogP contribution in [0.1, 0.15) is 17.2 Å². The summed E-state index contributed by atoms with van der Waals surface area (Å²) in [5.41, 5.74) is 0.760. The third-order valence-corrected chi connectivity index (χ3v) is 3.20. The number of halogens is 3. The van der Waals surface area contributed by atoms with Gasteiger partial charge in [-0.15, -0.1) is 0 Å². The molecule has 0 aliphatic heterocycles. The minimum Gasteiger partial charge on any atom is -0.336 e. The lowest BCUT2D eigenvalue weighted by atomic mass is 10.00. The van der Waals surface area contributed by atoms with Gasteiger partial charge in [0.25, 0.3) is 0 Å². The lowest BCUT2D eigenvalue weighted by Crippen LogP contribution is -2.39. The fourth-order valence-corrected chi connectivity index (χ4v) is 2.12. The van der Waals surface area contributed by atoms with Gasteiger partial charge in [0.1, 0.15) is 18.3 Å². The molecule has 1 heterocycles. The van der Waals surface area contributed by atoms with Gasteiger partial charge >= 0.3 is 6.03 Å². The maximum absolute atomic E-state index is 13.8. The number of nitrogens with zero attached hydrogens (tertiary/aromatic N) is 1. The Hall–Kier alpha value is -2.57. The summed E-state index contributed by atoms with van der Waals surface area (Å²) >= 11 is 0. The minimum atomic E-state index is -0.691. The van der Waals surface area contributed by atoms with Gasteiger partial charge in [-0.05, 0) is 41.8 Å². The number of benzene rings is 1. The molecule has 0 spiro atoms. The van der Waals surface area contributed by atoms with E-state index >= 15 is 0 Å². The molecule has 2 rings (SSSR count). The van der Waals surface area contributed by atoms with Gasteiger partial charge in [0.2, 0.25) is 0 Å². The zero-order chi connectivity index (χ0) is 16.7. The molecule has 1 aromatic carbocycles. The Balaban J connectivity index is 2.19. The lowest BCUT2D eigenvalue weighted by molar-refractivity contribution is 0.235. The van der Waals surface area contributed by atoms with Crippen LogP contribution in [0.25, 0.3) is 0 Å². The number of nitrogens with one attached hydrogen (secondary N) is 2. The van der Waals surface area contributed by atoms with Crippen molar-refractivity contribution in [3.05, 3.63) is 65.5 Å². The predicted molar refractivity (Wildman–Crippen MR) is 79.5 cm³/mol. The third kappa shape index (κ3) is 4.98. The van der Waals surface area contributed by atoms with Gasteiger partial charge in [0.05, 0.1) is 6.04 Å². The van der Waals surface area contributed by atoms with E-state index in [1.54, 1.807) is 18.3 Å². The summed E-state index contributed by atoms with van der Waals surface area (Å²) in [7, 11) is 0. The first kappa shape index (κ1) is 16.8. The number of carbonyl (C=O) groups is 1. The predicted octanol–water partition coefficient (Wildman–Crippen LogP) is 2.91. The molecule has 1 aromatic heterocycles. The second-order valence-corrected chi connectivity index (χ2v) is 4.87. The summed E-state index contributed by atoms with van der Waals surface area (Å²) in [4.78, 5) is 15.7. The highest BCUT2D eigenvalue weighted by molar-refractivity contribution is 5.74. The van der Waals surface area contributed by atoms with Crippen LogP contribution in [0.4, 0.5) is 18.0 Å². The van der Waals surface area contributed by atoms with Crippen molar-refractivity contribution in [3.63, 3.8) is 0 Å². The molecule has 0 aliphatic rings. The Bertz CT molecular complexity index is 652. The number of carbonyl (C=O) groups excluding carboxylic acids is 1. The van der Waals surface area contributed by atoms with E-state index in [0.717, 1.165) is 18.2 Å². The van der Waals surface area contributed by atoms with Gasteiger partial charge in [0, 0.05) is 18.9 Å². The zero-order valence-electron chi connectivity index (χ0n) is 12.2. The van der Waals surface area contributed by atoms with Crippen LogP contribution < -0.4 is 10.6 Å². The molecule has 0 fully saturated rings. The van der Waals surface area contributed by atoms with Crippen molar-refractivity contribution in [1.29, 1.82) is 0 Å². The van der Waals surface area contributed by atoms with Crippen LogP contribution in [0.3, 0.4) is 0 Å². The molecule has 1 unspecified atom stereocenters. The average Bonchev–Trinajstić information content (AvgIpc) is 2.56. The first-order chi connectivity index (χ1) is 11.1. The standard InChI is InChI=1S/C16H16F3N3O/c17-5-7-21-16(23)22-15(11-2-1-6-20-10-11)9-12-8-13(18)3-4-14(12)19/h1-4,6,8,10,15H,5,7,9H2,(H2,21,22,23). The highest BCUT2D eigenvalue weighted by Crippen LogP contribution is 2.20. The highest BCUT2D eigenvalue weighted by atomic mass is 19.1. The molecular formula is C16H16F3N3O. The number of hydrogen-bond donors (Lipinski definition) is 2. The SMILES string of the molecule is O=C(NCCF)NC(Cc1cc(F)ccc1F)c1cccnc1. The van der Waals surface area contributed by atoms with Crippen LogP contribution >= 0.6 is 0 Å². The molecule has 0 aliphatic carbocycles. The van der Waals surface area contributed by atoms with E-state index in [1.165, 1.54) is 6.20 Å². The largest absolute Gasteiger partial charge is 0.336 e. The normalized spacial score (nSPS) is 11.8. The molecule has 2 aromatic rings. The second kappa shape index (κ2) is 8.17. The van der Waals surface area contributed by atoms with Crippen LogP contribution in [-0.4, -0.2) is 24.2 Å². The van der Waals surface area contributed by atoms with E-state index in [0.29, 0.717) is 5.56 Å². The van der Waals surface area contributed by atoms with Crippen molar-refractivity contribution in [2.75, 3.05) is 13.2 Å². The van der Waals surface area contributed by atoms with Crippen molar-refractivity contribution in [2.24, 2.45) is 0 Å². The molecule has 2 amide bonds. The Morgan fingerprint density at radius 3 is 2.78 bits per heavy atom. The van der Waals surface area contributed by atoms with E-state index in [1.807, 2.05) is 0 Å². The second-order valence-electron chi connectivity index (χ2n) is 4.87. The van der Waals surface area contributed by atoms with Gasteiger partial charge in [-0.2, -0.15) is 0 Å². The average molecular weight is 323 g/mol. The van der Waals surface area contributed by atoms with Gasteiger partial charge in [-0.3, -0.25) is 4.98 Å². The van der Waals surface area contributed by atoms with E-state index in [4.69, 9.17) is 0 Å². The number of hydrogen-bond acceptors (Lipinski definition) is 2. The van der Waals surface area contributed by atoms with Gasteiger partial charge < -0.3 is 10.6 Å². The summed E-state index contributed by atoms with van der Waals surface area (Å²) in [6.07, 6.45) is 3.13. The van der Waals surface area contributed by atoms with Crippen LogP contribution in [0.2, 0.25) is 0 Å². The summed E-state index contributed by atoms with van der Waals surface area (Å²) in [5.74, 6) is -1.13. The minimum absolute atomic E-state index is 0.0400. The summed E-state index contributed by atoms with van der Waals surface area (Å²) in [6.45, 7) is -0.816. The van der Waals surface area contributed by atoms with E-state index in [9.17, 15) is 18.0 Å². The Morgan fingerprint density at radius 1 is 1.26 bits per heavy atom. The Morgan fingerprint density at radius 2 is 2.09 bits per heavy atom. The summed E-state index contributed by atoms with van der Waals surface area (Å²) in [5, 5.41) is 4.95. The third-order valence-electron chi connectivity index (χ3n) is 3.20. The lowest BCUT2D eigenvalue weighted by Gasteiger charge is -2.19. The topological polar surface area (TPSA) is 54.0 Å². The molecule has 7 heteroatoms. The maximum atomic E-state index is 13.8. The van der Waals surface area contributed by atoms with Crippen molar-refractivity contribution >= 4 is 6.03 Å². The number of amides is 2. The number of aromatic nitrogens is 1. The quantitative estimate of drug-likeness (QED) is 0.859. The van der Waals surface area contributed by atoms with Gasteiger partial charge in [-0.1, -0.05) is 6.07 Å². The van der Waals surface area contributed by atoms with E-state index in [-0.39, 0.29) is 18.5 Å². The van der Waals surface area contributed by atoms with E-state index in [2.05, 4.69) is 15.6 Å². The highest BCUT2D eigenvalue weighted by Gasteiger charge is 2.17. The monoisotopic (exact) mass is 323 g/mol. The van der Waals surface area contributed by atoms with Crippen LogP contribution in [0.15, 0.2) is 42.7 Å². The first-order valence-electron chi connectivity index (χ1n) is 7.04. The fraction of sp³-hybridized carbons (Fsp3) is 0.250. The fourth-order valence-electron chi connectivity index (χ4n) is 2.12. The maximum Gasteiger partial charge on any atom is 0.315 e. The molecule has 2 N–H and O–H groups in total. The van der Waals surface area contributed by atoms with Crippen molar-refractivity contribution < 1.29 is 18.0 Å². The number of rotatable bonds is 6. The molecule has 23 heavy (non-hydrogen) atoms. The number of alkyl halides is 1. The Kier molecular flexibility index (Phi) is 5.96. The molecule has 122 valence electrons. The summed E-state index contributed by atoms with van der Waals surface area (Å²) < 4.78 is 39.2. The smallest absolute Gasteiger partial charge is 0.315 e. The summed E-state index contributed by atoms with van der Waals surface area (Å²) in [6, 6.07) is 5.32. The molecule has 0 saturated heterocycles. The number of pyridine rings is 1. The van der Waals surface area contributed by atoms with Crippen LogP contribution in [-0.2, 0) is 6.42 Å². The molecule has 4 nitrogen and oxygen atoms in total. The molecular weight excluding hydrogens is 307 g/mol. The van der Waals surface area contributed by atoms with Crippen molar-refractivity contribution in [1.82, 2.24) is 15.6 Å². The number of urea groups is 1. The van der Waals surface area contributed by atoms with Crippen LogP contribution in [0.5, 0.6) is 0 Å². The zero-order valence-corrected chi connectivity index (χ0v) is 12.2. The Labute approximate surface area is 131 Å². The van der Waals surface area contributed by atoms with E-state index < -0.39 is 30.4 Å². The van der Waals surface area contributed by atoms with Gasteiger partial charge in [-0.25, -0.2) is 18.0 Å². The molecule has 0 saturated carbocycles. The molecule has 0 bridgehead atoms. The van der Waals surface area contributed by atoms with Crippen molar-refractivity contribution in [2.45, 2.75) is 12.5 Å². The van der Waals surface area contributed by atoms with Crippen molar-refractivity contribution in [3.8, 4) is 0 Å². The van der Waals surface area contributed by atoms with Crippen LogP contribution in [0, 0.1) is 11.6 Å².